The van der Waals surface area contributed by atoms with Gasteiger partial charge in [-0.3, -0.25) is 0 Å². The second kappa shape index (κ2) is 10.7. The van der Waals surface area contributed by atoms with Gasteiger partial charge in [-0.05, 0) is 0 Å². The maximum Gasteiger partial charge on any atom is -1.00 e. The first-order valence-electron chi connectivity index (χ1n) is 10.2. The summed E-state index contributed by atoms with van der Waals surface area (Å²) in [5.41, 5.74) is 3.69. The molecule has 0 fully saturated rings. The van der Waals surface area contributed by atoms with Gasteiger partial charge in [-0.1, -0.05) is 0 Å². The summed E-state index contributed by atoms with van der Waals surface area (Å²) in [6.07, 6.45) is 12.8. The Bertz CT molecular complexity index is 839. The smallest absolute Gasteiger partial charge is 1.00 e. The Kier molecular flexibility index (Phi) is 10.0. The number of hydrogen-bond acceptors (Lipinski definition) is 0. The molecule has 0 nitrogen and oxygen atoms in total. The van der Waals surface area contributed by atoms with Crippen molar-refractivity contribution in [1.82, 2.24) is 0 Å². The van der Waals surface area contributed by atoms with E-state index in [0.717, 1.165) is 0 Å². The third kappa shape index (κ3) is 6.58. The molecular formula is C25H34Cl2GeHf. The van der Waals surface area contributed by atoms with E-state index in [4.69, 9.17) is 0 Å². The van der Waals surface area contributed by atoms with E-state index in [1.165, 1.54) is 12.8 Å². The minimum Gasteiger partial charge on any atom is -1.00 e. The predicted molar refractivity (Wildman–Crippen MR) is 118 cm³/mol. The van der Waals surface area contributed by atoms with Crippen LogP contribution in [0.2, 0.25) is 5.76 Å². The van der Waals surface area contributed by atoms with E-state index in [-0.39, 0.29) is 35.6 Å². The van der Waals surface area contributed by atoms with E-state index in [9.17, 15) is 0 Å². The molecule has 0 saturated carbocycles. The zero-order valence-corrected chi connectivity index (χ0v) is 26.1. The molecule has 0 unspecified atom stereocenters. The molecule has 0 N–H and O–H groups in total. The van der Waals surface area contributed by atoms with Crippen LogP contribution in [0.3, 0.4) is 0 Å². The number of hydrogen-bond donors (Lipinski definition) is 0. The fourth-order valence-corrected chi connectivity index (χ4v) is 46.3. The first-order valence-corrected chi connectivity index (χ1v) is 27.3. The van der Waals surface area contributed by atoms with Gasteiger partial charge in [0.2, 0.25) is 0 Å². The van der Waals surface area contributed by atoms with Crippen LogP contribution >= 0.6 is 0 Å². The quantitative estimate of drug-likeness (QED) is 0.420. The van der Waals surface area contributed by atoms with Gasteiger partial charge in [-0.25, -0.2) is 0 Å². The minimum atomic E-state index is -2.03. The molecule has 0 aliphatic heterocycles. The summed E-state index contributed by atoms with van der Waals surface area (Å²) in [7, 11) is -1.26. The second-order valence-electron chi connectivity index (χ2n) is 9.93. The Balaban J connectivity index is 0.00000210. The molecule has 0 aromatic heterocycles. The Labute approximate surface area is 199 Å². The number of rotatable bonds is 3. The van der Waals surface area contributed by atoms with Gasteiger partial charge in [0.15, 0.2) is 0 Å². The molecule has 0 bridgehead atoms. The molecule has 0 amide bonds. The third-order valence-corrected chi connectivity index (χ3v) is 47.3. The van der Waals surface area contributed by atoms with Gasteiger partial charge < -0.3 is 24.8 Å². The molecule has 2 aliphatic carbocycles. The van der Waals surface area contributed by atoms with Crippen LogP contribution in [0.15, 0.2) is 72.4 Å². The molecular weight excluding hydrogens is 622 g/mol. The summed E-state index contributed by atoms with van der Waals surface area (Å²) in [5.74, 6) is 2.67. The van der Waals surface area contributed by atoms with Crippen molar-refractivity contribution in [3.05, 3.63) is 72.4 Å². The van der Waals surface area contributed by atoms with Gasteiger partial charge >= 0.3 is 176 Å². The van der Waals surface area contributed by atoms with Crippen molar-refractivity contribution in [2.45, 2.75) is 60.1 Å². The summed E-state index contributed by atoms with van der Waals surface area (Å²) in [5, 5.41) is 0. The topological polar surface area (TPSA) is 0 Å². The molecule has 4 heteroatoms. The van der Waals surface area contributed by atoms with Gasteiger partial charge in [0.25, 0.3) is 0 Å². The van der Waals surface area contributed by atoms with Crippen LogP contribution in [0, 0.1) is 10.8 Å². The molecule has 1 aromatic rings. The molecule has 0 spiro atoms. The van der Waals surface area contributed by atoms with Gasteiger partial charge in [0, 0.05) is 0 Å². The maximum atomic E-state index is 2.67. The maximum absolute atomic E-state index is 2.67. The first-order chi connectivity index (χ1) is 12.6. The van der Waals surface area contributed by atoms with Crippen molar-refractivity contribution >= 4 is 14.5 Å². The van der Waals surface area contributed by atoms with Crippen molar-refractivity contribution in [1.29, 1.82) is 0 Å². The summed E-state index contributed by atoms with van der Waals surface area (Å²) >= 11 is -2.03. The van der Waals surface area contributed by atoms with E-state index in [0.29, 0.717) is 0 Å². The largest absolute Gasteiger partial charge is 1.00 e. The summed E-state index contributed by atoms with van der Waals surface area (Å²) in [4.78, 5) is 0. The van der Waals surface area contributed by atoms with Crippen LogP contribution in [-0.2, 0) is 18.3 Å². The van der Waals surface area contributed by atoms with Gasteiger partial charge in [-0.15, -0.1) is 0 Å². The predicted octanol–water partition coefficient (Wildman–Crippen LogP) is 0.661. The molecule has 0 atom stereocenters. The van der Waals surface area contributed by atoms with Crippen molar-refractivity contribution in [3.63, 3.8) is 0 Å². The number of halogens is 2. The average molecular weight is 657 g/mol. The van der Waals surface area contributed by atoms with Crippen molar-refractivity contribution in [2.75, 3.05) is 0 Å². The Morgan fingerprint density at radius 2 is 1.14 bits per heavy atom. The van der Waals surface area contributed by atoms with Crippen LogP contribution in [0.25, 0.3) is 0 Å². The fourth-order valence-electron chi connectivity index (χ4n) is 3.97. The molecule has 3 rings (SSSR count). The molecule has 2 aliphatic rings. The summed E-state index contributed by atoms with van der Waals surface area (Å²) in [6, 6.07) is 11.5. The fraction of sp³-hybridized carbons (Fsp3) is 0.440. The Morgan fingerprint density at radius 1 is 0.724 bits per heavy atom. The van der Waals surface area contributed by atoms with Crippen molar-refractivity contribution < 1.29 is 43.2 Å². The van der Waals surface area contributed by atoms with Crippen LogP contribution in [0.4, 0.5) is 0 Å². The molecule has 0 saturated heterocycles. The van der Waals surface area contributed by atoms with E-state index < -0.39 is 28.4 Å². The third-order valence-electron chi connectivity index (χ3n) is 5.70. The SMILES string of the molecule is [CH3][Ge]([c]1ccccc1)=[Hf+2]([C]1=CC(C(C)(C)C)=CC1)[C]1=CC(C(C)(C)C)=CC1.[Cl-].[Cl-]. The minimum absolute atomic E-state index is 0. The van der Waals surface area contributed by atoms with Gasteiger partial charge in [0.1, 0.15) is 0 Å². The molecule has 156 valence electrons. The van der Waals surface area contributed by atoms with Crippen molar-refractivity contribution in [2.24, 2.45) is 10.8 Å². The monoisotopic (exact) mass is 658 g/mol. The van der Waals surface area contributed by atoms with Crippen molar-refractivity contribution in [3.8, 4) is 0 Å². The molecule has 1 aromatic carbocycles. The van der Waals surface area contributed by atoms with Gasteiger partial charge in [0.05, 0.1) is 0 Å². The Hall–Kier alpha value is 0.173. The number of allylic oxidation sites excluding steroid dienone is 8. The van der Waals surface area contributed by atoms with Crippen LogP contribution < -0.4 is 29.2 Å². The standard InChI is InChI=1S/2C9H13.C7H8Ge.2ClH.Hf/c2*1-9(2,3)8-6-4-5-7-8;1-8-7-5-3-2-4-6-7;;;/h2*6-7H,4H2,1-3H3;2-6H,1H3;2*1H;/q;;;;;+2/p-2. The average Bonchev–Trinajstić information content (AvgIpc) is 3.25. The van der Waals surface area contributed by atoms with E-state index in [2.05, 4.69) is 102 Å². The van der Waals surface area contributed by atoms with E-state index in [1.807, 2.05) is 6.66 Å². The first kappa shape index (κ1) is 27.2. The normalized spacial score (nSPS) is 15.8. The van der Waals surface area contributed by atoms with E-state index in [1.54, 1.807) is 15.5 Å². The zero-order chi connectivity index (χ0) is 19.8. The van der Waals surface area contributed by atoms with Crippen LogP contribution in [-0.4, -0.2) is 10.1 Å². The van der Waals surface area contributed by atoms with Crippen LogP contribution in [0.1, 0.15) is 54.4 Å². The van der Waals surface area contributed by atoms with Gasteiger partial charge in [-0.2, -0.15) is 0 Å². The summed E-state index contributed by atoms with van der Waals surface area (Å²) in [6.45, 7) is 14.2. The van der Waals surface area contributed by atoms with E-state index >= 15 is 0 Å². The number of benzene rings is 1. The Morgan fingerprint density at radius 3 is 1.48 bits per heavy atom. The summed E-state index contributed by atoms with van der Waals surface area (Å²) < 4.78 is 5.46. The zero-order valence-electron chi connectivity index (χ0n) is 18.9. The molecule has 29 heavy (non-hydrogen) atoms. The molecule has 0 radical (unpaired) electrons. The second-order valence-corrected chi connectivity index (χ2v) is 43.7. The van der Waals surface area contributed by atoms with Crippen LogP contribution in [0.5, 0.6) is 0 Å². The molecule has 0 heterocycles.